The SMILES string of the molecule is O=C(Nc1cc([N+](=O)[O-])ccc1Cl)c1ccc(=O)[nH]n1. The molecule has 0 saturated carbocycles. The first-order valence-corrected chi connectivity index (χ1v) is 5.66. The van der Waals surface area contributed by atoms with Crippen LogP contribution in [0, 0.1) is 10.1 Å². The van der Waals surface area contributed by atoms with Crippen molar-refractivity contribution in [3.05, 3.63) is 61.5 Å². The van der Waals surface area contributed by atoms with E-state index in [-0.39, 0.29) is 22.1 Å². The van der Waals surface area contributed by atoms with Gasteiger partial charge in [0.15, 0.2) is 0 Å². The molecule has 2 aromatic rings. The maximum absolute atomic E-state index is 11.8. The Morgan fingerprint density at radius 2 is 2.10 bits per heavy atom. The monoisotopic (exact) mass is 294 g/mol. The van der Waals surface area contributed by atoms with E-state index in [0.717, 1.165) is 12.1 Å². The number of nitro groups is 1. The fourth-order valence-electron chi connectivity index (χ4n) is 1.38. The standard InChI is InChI=1S/C11H7ClN4O4/c12-7-2-1-6(16(19)20)5-9(7)13-11(18)8-3-4-10(17)15-14-8/h1-5H,(H,13,18)(H,15,17). The lowest BCUT2D eigenvalue weighted by atomic mass is 10.2. The van der Waals surface area contributed by atoms with Gasteiger partial charge in [-0.25, -0.2) is 5.10 Å². The molecule has 0 saturated heterocycles. The first-order chi connectivity index (χ1) is 9.47. The van der Waals surface area contributed by atoms with E-state index in [2.05, 4.69) is 15.5 Å². The number of anilines is 1. The zero-order chi connectivity index (χ0) is 14.7. The van der Waals surface area contributed by atoms with Crippen LogP contribution in [0.4, 0.5) is 11.4 Å². The van der Waals surface area contributed by atoms with Gasteiger partial charge in [0.1, 0.15) is 5.69 Å². The Balaban J connectivity index is 2.27. The molecule has 0 aliphatic rings. The Labute approximate surface area is 116 Å². The van der Waals surface area contributed by atoms with Gasteiger partial charge in [-0.2, -0.15) is 5.10 Å². The number of hydrogen-bond acceptors (Lipinski definition) is 5. The highest BCUT2D eigenvalue weighted by molar-refractivity contribution is 6.34. The van der Waals surface area contributed by atoms with E-state index in [1.165, 1.54) is 18.2 Å². The quantitative estimate of drug-likeness (QED) is 0.658. The van der Waals surface area contributed by atoms with Crippen molar-refractivity contribution in [2.24, 2.45) is 0 Å². The number of amides is 1. The van der Waals surface area contributed by atoms with Gasteiger partial charge in [-0.15, -0.1) is 0 Å². The zero-order valence-corrected chi connectivity index (χ0v) is 10.5. The van der Waals surface area contributed by atoms with Gasteiger partial charge in [-0.3, -0.25) is 19.7 Å². The molecule has 8 nitrogen and oxygen atoms in total. The molecule has 102 valence electrons. The fraction of sp³-hybridized carbons (Fsp3) is 0. The number of nitrogens with zero attached hydrogens (tertiary/aromatic N) is 2. The van der Waals surface area contributed by atoms with Gasteiger partial charge in [-0.1, -0.05) is 11.6 Å². The predicted octanol–water partition coefficient (Wildman–Crippen LogP) is 1.58. The number of carbonyl (C=O) groups excluding carboxylic acids is 1. The van der Waals surface area contributed by atoms with Gasteiger partial charge in [0.05, 0.1) is 15.6 Å². The van der Waals surface area contributed by atoms with Crippen molar-refractivity contribution in [1.29, 1.82) is 0 Å². The Bertz CT molecular complexity index is 723. The maximum Gasteiger partial charge on any atom is 0.276 e. The Morgan fingerprint density at radius 3 is 2.70 bits per heavy atom. The molecule has 0 bridgehead atoms. The van der Waals surface area contributed by atoms with Gasteiger partial charge in [0.25, 0.3) is 17.2 Å². The molecule has 0 atom stereocenters. The van der Waals surface area contributed by atoms with Crippen LogP contribution in [0.3, 0.4) is 0 Å². The summed E-state index contributed by atoms with van der Waals surface area (Å²) in [4.78, 5) is 32.7. The van der Waals surface area contributed by atoms with Gasteiger partial charge >= 0.3 is 0 Å². The lowest BCUT2D eigenvalue weighted by molar-refractivity contribution is -0.384. The molecule has 1 amide bonds. The second-order valence-corrected chi connectivity index (χ2v) is 4.09. The van der Waals surface area contributed by atoms with Crippen molar-refractivity contribution in [2.45, 2.75) is 0 Å². The van der Waals surface area contributed by atoms with Crippen LogP contribution in [0.2, 0.25) is 5.02 Å². The van der Waals surface area contributed by atoms with E-state index in [1.807, 2.05) is 0 Å². The van der Waals surface area contributed by atoms with Crippen molar-refractivity contribution in [2.75, 3.05) is 5.32 Å². The van der Waals surface area contributed by atoms with E-state index in [1.54, 1.807) is 0 Å². The Morgan fingerprint density at radius 1 is 1.35 bits per heavy atom. The topological polar surface area (TPSA) is 118 Å². The second kappa shape index (κ2) is 5.49. The third-order valence-electron chi connectivity index (χ3n) is 2.32. The van der Waals surface area contributed by atoms with Gasteiger partial charge in [-0.05, 0) is 12.1 Å². The van der Waals surface area contributed by atoms with Crippen molar-refractivity contribution in [3.8, 4) is 0 Å². The van der Waals surface area contributed by atoms with Crippen molar-refractivity contribution in [3.63, 3.8) is 0 Å². The van der Waals surface area contributed by atoms with Gasteiger partial charge in [0, 0.05) is 18.2 Å². The van der Waals surface area contributed by atoms with Gasteiger partial charge in [0.2, 0.25) is 0 Å². The van der Waals surface area contributed by atoms with Crippen LogP contribution in [-0.4, -0.2) is 21.0 Å². The lowest BCUT2D eigenvalue weighted by Gasteiger charge is -2.06. The van der Waals surface area contributed by atoms with Crippen LogP contribution in [0.25, 0.3) is 0 Å². The van der Waals surface area contributed by atoms with E-state index in [9.17, 15) is 19.7 Å². The summed E-state index contributed by atoms with van der Waals surface area (Å²) in [5.41, 5.74) is -0.625. The number of halogens is 1. The molecule has 2 N–H and O–H groups in total. The van der Waals surface area contributed by atoms with E-state index >= 15 is 0 Å². The number of hydrogen-bond donors (Lipinski definition) is 2. The maximum atomic E-state index is 11.8. The van der Waals surface area contributed by atoms with Crippen LogP contribution in [0.1, 0.15) is 10.5 Å². The first kappa shape index (κ1) is 13.7. The Hall–Kier alpha value is -2.74. The van der Waals surface area contributed by atoms with Crippen LogP contribution < -0.4 is 10.9 Å². The molecule has 0 radical (unpaired) electrons. The Kier molecular flexibility index (Phi) is 3.76. The molecule has 1 aromatic carbocycles. The summed E-state index contributed by atoms with van der Waals surface area (Å²) < 4.78 is 0. The number of aromatic amines is 1. The number of carbonyl (C=O) groups is 1. The smallest absolute Gasteiger partial charge is 0.276 e. The van der Waals surface area contributed by atoms with E-state index < -0.39 is 16.4 Å². The minimum absolute atomic E-state index is 0.0489. The average molecular weight is 295 g/mol. The zero-order valence-electron chi connectivity index (χ0n) is 9.79. The number of nitro benzene ring substituents is 1. The minimum atomic E-state index is -0.649. The van der Waals surface area contributed by atoms with Crippen LogP contribution in [-0.2, 0) is 0 Å². The molecule has 0 spiro atoms. The van der Waals surface area contributed by atoms with Crippen LogP contribution in [0.15, 0.2) is 35.1 Å². The molecule has 20 heavy (non-hydrogen) atoms. The molecule has 0 aliphatic carbocycles. The molecule has 0 unspecified atom stereocenters. The highest BCUT2D eigenvalue weighted by Crippen LogP contribution is 2.26. The molecule has 1 aromatic heterocycles. The highest BCUT2D eigenvalue weighted by Gasteiger charge is 2.14. The number of aromatic nitrogens is 2. The normalized spacial score (nSPS) is 10.1. The number of nitrogens with one attached hydrogen (secondary N) is 2. The summed E-state index contributed by atoms with van der Waals surface area (Å²) >= 11 is 5.84. The summed E-state index contributed by atoms with van der Waals surface area (Å²) in [5.74, 6) is -0.649. The summed E-state index contributed by atoms with van der Waals surface area (Å²) in [6, 6.07) is 6.01. The largest absolute Gasteiger partial charge is 0.319 e. The number of H-pyrrole nitrogens is 1. The minimum Gasteiger partial charge on any atom is -0.319 e. The first-order valence-electron chi connectivity index (χ1n) is 5.28. The number of rotatable bonds is 3. The number of non-ortho nitro benzene ring substituents is 1. The molecule has 9 heteroatoms. The van der Waals surface area contributed by atoms with Crippen LogP contribution in [0.5, 0.6) is 0 Å². The van der Waals surface area contributed by atoms with E-state index in [0.29, 0.717) is 0 Å². The van der Waals surface area contributed by atoms with Crippen LogP contribution >= 0.6 is 11.6 Å². The fourth-order valence-corrected chi connectivity index (χ4v) is 1.54. The predicted molar refractivity (Wildman–Crippen MR) is 70.9 cm³/mol. The molecule has 0 aliphatic heterocycles. The van der Waals surface area contributed by atoms with Crippen molar-refractivity contribution in [1.82, 2.24) is 10.2 Å². The molecule has 1 heterocycles. The van der Waals surface area contributed by atoms with E-state index in [4.69, 9.17) is 11.6 Å². The van der Waals surface area contributed by atoms with Crippen molar-refractivity contribution < 1.29 is 9.72 Å². The summed E-state index contributed by atoms with van der Waals surface area (Å²) in [7, 11) is 0. The third kappa shape index (κ3) is 2.98. The number of benzene rings is 1. The third-order valence-corrected chi connectivity index (χ3v) is 2.65. The summed E-state index contributed by atoms with van der Waals surface area (Å²) in [6.07, 6.45) is 0. The second-order valence-electron chi connectivity index (χ2n) is 3.68. The lowest BCUT2D eigenvalue weighted by Crippen LogP contribution is -2.17. The molecule has 0 fully saturated rings. The molecular formula is C11H7ClN4O4. The molecular weight excluding hydrogens is 288 g/mol. The van der Waals surface area contributed by atoms with Crippen molar-refractivity contribution >= 4 is 28.9 Å². The molecule has 2 rings (SSSR count). The summed E-state index contributed by atoms with van der Waals surface area (Å²) in [6.45, 7) is 0. The van der Waals surface area contributed by atoms with Gasteiger partial charge < -0.3 is 5.32 Å². The highest BCUT2D eigenvalue weighted by atomic mass is 35.5. The average Bonchev–Trinajstić information content (AvgIpc) is 2.41. The summed E-state index contributed by atoms with van der Waals surface area (Å²) in [5, 5.41) is 18.8.